The fourth-order valence-corrected chi connectivity index (χ4v) is 4.86. The maximum atomic E-state index is 13.8. The molecule has 35 heavy (non-hydrogen) atoms. The number of carbonyl (C=O) groups excluding carboxylic acids is 1. The van der Waals surface area contributed by atoms with Gasteiger partial charge in [0.15, 0.2) is 5.43 Å². The summed E-state index contributed by atoms with van der Waals surface area (Å²) in [7, 11) is 0. The van der Waals surface area contributed by atoms with Gasteiger partial charge in [-0.1, -0.05) is 45.0 Å². The summed E-state index contributed by atoms with van der Waals surface area (Å²) in [5, 5.41) is 0.524. The van der Waals surface area contributed by atoms with E-state index in [1.54, 1.807) is 17.4 Å². The summed E-state index contributed by atoms with van der Waals surface area (Å²) in [6.45, 7) is 11.7. The van der Waals surface area contributed by atoms with Crippen LogP contribution in [0.4, 0.5) is 0 Å². The van der Waals surface area contributed by atoms with Gasteiger partial charge in [-0.15, -0.1) is 0 Å². The largest absolute Gasteiger partial charge is 0.450 e. The summed E-state index contributed by atoms with van der Waals surface area (Å²) in [5.74, 6) is -0.0639. The molecule has 0 unspecified atom stereocenters. The van der Waals surface area contributed by atoms with Crippen molar-refractivity contribution in [2.24, 2.45) is 0 Å². The molecule has 0 aliphatic carbocycles. The van der Waals surface area contributed by atoms with Crippen molar-refractivity contribution < 1.29 is 9.21 Å². The number of hydrogen-bond donors (Lipinski definition) is 0. The molecule has 2 aromatic carbocycles. The molecule has 0 saturated carbocycles. The smallest absolute Gasteiger partial charge is 0.290 e. The first-order valence-corrected chi connectivity index (χ1v) is 12.1. The molecular formula is C29H31N3O3. The summed E-state index contributed by atoms with van der Waals surface area (Å²) in [4.78, 5) is 33.3. The number of aryl methyl sites for hydroxylation is 3. The Morgan fingerprint density at radius 3 is 2.37 bits per heavy atom. The highest BCUT2D eigenvalue weighted by molar-refractivity contribution is 5.99. The third kappa shape index (κ3) is 4.07. The highest BCUT2D eigenvalue weighted by atomic mass is 16.3. The monoisotopic (exact) mass is 469 g/mol. The van der Waals surface area contributed by atoms with E-state index in [1.807, 2.05) is 48.9 Å². The zero-order chi connectivity index (χ0) is 24.9. The quantitative estimate of drug-likeness (QED) is 0.385. The van der Waals surface area contributed by atoms with Crippen molar-refractivity contribution in [3.8, 4) is 0 Å². The van der Waals surface area contributed by atoms with Crippen molar-refractivity contribution in [2.75, 3.05) is 6.54 Å². The van der Waals surface area contributed by atoms with Gasteiger partial charge in [0.25, 0.3) is 5.91 Å². The van der Waals surface area contributed by atoms with Gasteiger partial charge < -0.3 is 13.9 Å². The minimum absolute atomic E-state index is 0.0109. The number of aromatic nitrogens is 2. The van der Waals surface area contributed by atoms with Crippen molar-refractivity contribution in [1.82, 2.24) is 14.5 Å². The lowest BCUT2D eigenvalue weighted by Crippen LogP contribution is -2.31. The van der Waals surface area contributed by atoms with E-state index in [-0.39, 0.29) is 22.5 Å². The summed E-state index contributed by atoms with van der Waals surface area (Å²) in [6, 6.07) is 11.5. The molecule has 6 heteroatoms. The Morgan fingerprint density at radius 2 is 1.71 bits per heavy atom. The van der Waals surface area contributed by atoms with Crippen LogP contribution in [0.3, 0.4) is 0 Å². The first kappa shape index (κ1) is 23.1. The lowest BCUT2D eigenvalue weighted by Gasteiger charge is -2.26. The van der Waals surface area contributed by atoms with Crippen molar-refractivity contribution in [2.45, 2.75) is 59.0 Å². The number of hydrogen-bond acceptors (Lipinski definition) is 4. The number of rotatable bonds is 5. The van der Waals surface area contributed by atoms with Gasteiger partial charge in [0.2, 0.25) is 5.76 Å². The third-order valence-corrected chi connectivity index (χ3v) is 7.05. The van der Waals surface area contributed by atoms with E-state index in [4.69, 9.17) is 4.42 Å². The second-order valence-electron chi connectivity index (χ2n) is 10.5. The molecule has 0 fully saturated rings. The second kappa shape index (κ2) is 8.52. The highest BCUT2D eigenvalue weighted by Gasteiger charge is 2.42. The lowest BCUT2D eigenvalue weighted by atomic mass is 9.86. The van der Waals surface area contributed by atoms with Gasteiger partial charge in [0.05, 0.1) is 23.3 Å². The normalized spacial score (nSPS) is 15.7. The number of carbonyl (C=O) groups is 1. The van der Waals surface area contributed by atoms with Gasteiger partial charge in [-0.05, 0) is 60.1 Å². The Labute approximate surface area is 205 Å². The highest BCUT2D eigenvalue weighted by Crippen LogP contribution is 2.39. The molecule has 0 spiro atoms. The minimum Gasteiger partial charge on any atom is -0.450 e. The van der Waals surface area contributed by atoms with E-state index in [1.165, 1.54) is 5.56 Å². The van der Waals surface area contributed by atoms with Crippen LogP contribution in [0.25, 0.3) is 11.0 Å². The molecular weight excluding hydrogens is 438 g/mol. The zero-order valence-electron chi connectivity index (χ0n) is 21.0. The summed E-state index contributed by atoms with van der Waals surface area (Å²) < 4.78 is 8.13. The molecule has 1 amide bonds. The Hall–Kier alpha value is -3.67. The molecule has 1 aliphatic rings. The van der Waals surface area contributed by atoms with Crippen LogP contribution in [0.1, 0.15) is 71.6 Å². The lowest BCUT2D eigenvalue weighted by molar-refractivity contribution is 0.0723. The molecule has 3 heterocycles. The van der Waals surface area contributed by atoms with Crippen LogP contribution in [0.15, 0.2) is 64.3 Å². The van der Waals surface area contributed by atoms with Crippen LogP contribution in [0.5, 0.6) is 0 Å². The molecule has 0 N–H and O–H groups in total. The second-order valence-corrected chi connectivity index (χ2v) is 10.5. The maximum Gasteiger partial charge on any atom is 0.290 e. The van der Waals surface area contributed by atoms with Gasteiger partial charge in [0.1, 0.15) is 5.58 Å². The molecule has 1 aliphatic heterocycles. The van der Waals surface area contributed by atoms with Gasteiger partial charge in [-0.25, -0.2) is 4.98 Å². The predicted molar refractivity (Wildman–Crippen MR) is 137 cm³/mol. The Kier molecular flexibility index (Phi) is 5.62. The van der Waals surface area contributed by atoms with E-state index < -0.39 is 6.04 Å². The summed E-state index contributed by atoms with van der Waals surface area (Å²) in [6.07, 6.45) is 6.16. The van der Waals surface area contributed by atoms with E-state index in [0.29, 0.717) is 23.1 Å². The van der Waals surface area contributed by atoms with Crippen LogP contribution in [-0.4, -0.2) is 26.9 Å². The average molecular weight is 470 g/mol. The van der Waals surface area contributed by atoms with Crippen LogP contribution in [-0.2, 0) is 12.0 Å². The topological polar surface area (TPSA) is 68.3 Å². The molecule has 4 aromatic rings. The zero-order valence-corrected chi connectivity index (χ0v) is 21.0. The third-order valence-electron chi connectivity index (χ3n) is 7.05. The maximum absolute atomic E-state index is 13.8. The van der Waals surface area contributed by atoms with Crippen LogP contribution in [0, 0.1) is 13.8 Å². The van der Waals surface area contributed by atoms with Crippen molar-refractivity contribution in [3.63, 3.8) is 0 Å². The Morgan fingerprint density at radius 1 is 1.00 bits per heavy atom. The van der Waals surface area contributed by atoms with E-state index >= 15 is 0 Å². The average Bonchev–Trinajstić information content (AvgIpc) is 3.42. The predicted octanol–water partition coefficient (Wildman–Crippen LogP) is 5.54. The van der Waals surface area contributed by atoms with E-state index in [0.717, 1.165) is 29.7 Å². The van der Waals surface area contributed by atoms with Crippen LogP contribution >= 0.6 is 0 Å². The van der Waals surface area contributed by atoms with Gasteiger partial charge in [-0.3, -0.25) is 9.59 Å². The van der Waals surface area contributed by atoms with Gasteiger partial charge in [0, 0.05) is 25.5 Å². The summed E-state index contributed by atoms with van der Waals surface area (Å²) >= 11 is 0. The molecule has 2 aromatic heterocycles. The van der Waals surface area contributed by atoms with Crippen molar-refractivity contribution >= 4 is 16.9 Å². The summed E-state index contributed by atoms with van der Waals surface area (Å²) in [5.41, 5.74) is 4.97. The Balaban J connectivity index is 1.61. The first-order chi connectivity index (χ1) is 16.6. The SMILES string of the molecule is Cc1cc2oc3c(c(=O)c2cc1C)[C@H](c1ccc(C(C)(C)C)cc1)N(CCCn1ccnc1)C3=O. The molecule has 0 radical (unpaired) electrons. The standard InChI is InChI=1S/C29H31N3O3/c1-18-15-22-23(16-19(18)2)35-27-24(26(22)33)25(20-7-9-21(10-8-20)29(3,4)5)32(28(27)34)13-6-12-31-14-11-30-17-31/h7-11,14-17,25H,6,12-13H2,1-5H3/t25-/m0/s1. The van der Waals surface area contributed by atoms with Gasteiger partial charge in [-0.2, -0.15) is 0 Å². The molecule has 6 nitrogen and oxygen atoms in total. The molecule has 1 atom stereocenters. The fraction of sp³-hybridized carbons (Fsp3) is 0.345. The minimum atomic E-state index is -0.475. The Bertz CT molecular complexity index is 1460. The van der Waals surface area contributed by atoms with E-state index in [9.17, 15) is 9.59 Å². The fourth-order valence-electron chi connectivity index (χ4n) is 4.86. The number of imidazole rings is 1. The number of amides is 1. The molecule has 180 valence electrons. The first-order valence-electron chi connectivity index (χ1n) is 12.1. The van der Waals surface area contributed by atoms with Crippen LogP contribution < -0.4 is 5.43 Å². The van der Waals surface area contributed by atoms with Crippen molar-refractivity contribution in [1.29, 1.82) is 0 Å². The number of fused-ring (bicyclic) bond motifs is 2. The molecule has 0 bridgehead atoms. The molecule has 5 rings (SSSR count). The van der Waals surface area contributed by atoms with E-state index in [2.05, 4.69) is 37.9 Å². The number of nitrogens with zero attached hydrogens (tertiary/aromatic N) is 3. The number of benzene rings is 2. The van der Waals surface area contributed by atoms with Gasteiger partial charge >= 0.3 is 0 Å². The van der Waals surface area contributed by atoms with Crippen molar-refractivity contribution in [3.05, 3.63) is 98.9 Å². The molecule has 0 saturated heterocycles. The van der Waals surface area contributed by atoms with Crippen LogP contribution in [0.2, 0.25) is 0 Å².